The van der Waals surface area contributed by atoms with Crippen LogP contribution in [0, 0.1) is 0 Å². The van der Waals surface area contributed by atoms with Crippen molar-refractivity contribution in [1.29, 1.82) is 0 Å². The highest BCUT2D eigenvalue weighted by Crippen LogP contribution is 2.24. The van der Waals surface area contributed by atoms with Gasteiger partial charge in [0, 0.05) is 6.04 Å². The lowest BCUT2D eigenvalue weighted by Crippen LogP contribution is -2.20. The summed E-state index contributed by atoms with van der Waals surface area (Å²) < 4.78 is 10.8. The standard InChI is InChI=1S/C17H21ClN4O2/c1-23-13-8-10-14(11-9-13)24-17-21-15(18)20-16(22-17)19-12-6-4-2-3-5-7-12/h8-12H,2-7H2,1H3,(H,19,20,21,22). The van der Waals surface area contributed by atoms with Crippen LogP contribution in [0.2, 0.25) is 5.28 Å². The molecule has 0 saturated heterocycles. The molecule has 1 saturated carbocycles. The molecule has 1 fully saturated rings. The largest absolute Gasteiger partial charge is 0.497 e. The molecule has 1 aliphatic rings. The molecular weight excluding hydrogens is 328 g/mol. The Bertz CT molecular complexity index is 658. The second-order valence-electron chi connectivity index (χ2n) is 5.82. The van der Waals surface area contributed by atoms with Gasteiger partial charge in [-0.25, -0.2) is 0 Å². The minimum absolute atomic E-state index is 0.115. The number of ether oxygens (including phenoxy) is 2. The Balaban J connectivity index is 1.70. The molecule has 0 bridgehead atoms. The van der Waals surface area contributed by atoms with E-state index in [9.17, 15) is 0 Å². The maximum Gasteiger partial charge on any atom is 0.328 e. The third-order valence-corrected chi connectivity index (χ3v) is 4.21. The quantitative estimate of drug-likeness (QED) is 0.804. The Hall–Kier alpha value is -2.08. The highest BCUT2D eigenvalue weighted by molar-refractivity contribution is 6.28. The van der Waals surface area contributed by atoms with E-state index in [4.69, 9.17) is 21.1 Å². The van der Waals surface area contributed by atoms with E-state index in [0.29, 0.717) is 17.7 Å². The zero-order valence-corrected chi connectivity index (χ0v) is 14.4. The average molecular weight is 349 g/mol. The number of aromatic nitrogens is 3. The summed E-state index contributed by atoms with van der Waals surface area (Å²) in [4.78, 5) is 12.5. The highest BCUT2D eigenvalue weighted by Gasteiger charge is 2.15. The number of anilines is 1. The minimum atomic E-state index is 0.115. The van der Waals surface area contributed by atoms with Crippen molar-refractivity contribution in [2.45, 2.75) is 44.6 Å². The van der Waals surface area contributed by atoms with Gasteiger partial charge in [-0.05, 0) is 48.7 Å². The Kier molecular flexibility index (Phi) is 5.69. The normalized spacial score (nSPS) is 15.6. The molecule has 1 aromatic carbocycles. The molecule has 1 aromatic heterocycles. The molecule has 6 nitrogen and oxygen atoms in total. The number of benzene rings is 1. The number of hydrogen-bond donors (Lipinski definition) is 1. The van der Waals surface area contributed by atoms with Crippen LogP contribution in [0.15, 0.2) is 24.3 Å². The minimum Gasteiger partial charge on any atom is -0.497 e. The van der Waals surface area contributed by atoms with E-state index in [1.807, 2.05) is 12.1 Å². The van der Waals surface area contributed by atoms with Crippen molar-refractivity contribution >= 4 is 17.5 Å². The third-order valence-electron chi connectivity index (χ3n) is 4.04. The van der Waals surface area contributed by atoms with Crippen LogP contribution in [-0.4, -0.2) is 28.1 Å². The van der Waals surface area contributed by atoms with Gasteiger partial charge < -0.3 is 14.8 Å². The molecule has 0 atom stereocenters. The summed E-state index contributed by atoms with van der Waals surface area (Å²) in [6.07, 6.45) is 7.29. The first kappa shape index (κ1) is 16.8. The van der Waals surface area contributed by atoms with Gasteiger partial charge in [-0.15, -0.1) is 0 Å². The molecule has 1 heterocycles. The molecule has 0 unspecified atom stereocenters. The first-order valence-corrected chi connectivity index (χ1v) is 8.61. The fourth-order valence-electron chi connectivity index (χ4n) is 2.80. The number of nitrogens with zero attached hydrogens (tertiary/aromatic N) is 3. The van der Waals surface area contributed by atoms with Gasteiger partial charge in [-0.3, -0.25) is 0 Å². The summed E-state index contributed by atoms with van der Waals surface area (Å²) in [5.74, 6) is 1.83. The van der Waals surface area contributed by atoms with Crippen LogP contribution >= 0.6 is 11.6 Å². The summed E-state index contributed by atoms with van der Waals surface area (Å²) in [5.41, 5.74) is 0. The summed E-state index contributed by atoms with van der Waals surface area (Å²) in [6.45, 7) is 0. The molecule has 0 aliphatic heterocycles. The Morgan fingerprint density at radius 3 is 2.29 bits per heavy atom. The SMILES string of the molecule is COc1ccc(Oc2nc(Cl)nc(NC3CCCCCC3)n2)cc1. The summed E-state index contributed by atoms with van der Waals surface area (Å²) in [6, 6.07) is 7.74. The van der Waals surface area contributed by atoms with E-state index in [-0.39, 0.29) is 11.3 Å². The van der Waals surface area contributed by atoms with Crippen LogP contribution in [0.4, 0.5) is 5.95 Å². The molecule has 3 rings (SSSR count). The number of nitrogens with one attached hydrogen (secondary N) is 1. The van der Waals surface area contributed by atoms with E-state index in [0.717, 1.165) is 18.6 Å². The first-order valence-electron chi connectivity index (χ1n) is 8.23. The summed E-state index contributed by atoms with van der Waals surface area (Å²) >= 11 is 6.01. The van der Waals surface area contributed by atoms with Crippen LogP contribution in [0.5, 0.6) is 17.5 Å². The topological polar surface area (TPSA) is 69.2 Å². The molecular formula is C17H21ClN4O2. The van der Waals surface area contributed by atoms with Crippen molar-refractivity contribution < 1.29 is 9.47 Å². The second-order valence-corrected chi connectivity index (χ2v) is 6.16. The summed E-state index contributed by atoms with van der Waals surface area (Å²) in [7, 11) is 1.62. The second kappa shape index (κ2) is 8.15. The molecule has 0 spiro atoms. The zero-order chi connectivity index (χ0) is 16.8. The van der Waals surface area contributed by atoms with Gasteiger partial charge >= 0.3 is 6.01 Å². The van der Waals surface area contributed by atoms with Crippen molar-refractivity contribution in [2.75, 3.05) is 12.4 Å². The van der Waals surface area contributed by atoms with E-state index in [2.05, 4.69) is 20.3 Å². The lowest BCUT2D eigenvalue weighted by molar-refractivity contribution is 0.410. The first-order chi connectivity index (χ1) is 11.7. The molecule has 1 aliphatic carbocycles. The van der Waals surface area contributed by atoms with Gasteiger partial charge in [0.05, 0.1) is 7.11 Å². The predicted octanol–water partition coefficient (Wildman–Crippen LogP) is 4.46. The number of hydrogen-bond acceptors (Lipinski definition) is 6. The van der Waals surface area contributed by atoms with E-state index >= 15 is 0 Å². The van der Waals surface area contributed by atoms with E-state index < -0.39 is 0 Å². The maximum absolute atomic E-state index is 6.01. The zero-order valence-electron chi connectivity index (χ0n) is 13.7. The van der Waals surface area contributed by atoms with E-state index in [1.165, 1.54) is 25.7 Å². The molecule has 7 heteroatoms. The monoisotopic (exact) mass is 348 g/mol. The fourth-order valence-corrected chi connectivity index (χ4v) is 2.95. The highest BCUT2D eigenvalue weighted by atomic mass is 35.5. The van der Waals surface area contributed by atoms with Crippen LogP contribution in [0.3, 0.4) is 0 Å². The van der Waals surface area contributed by atoms with Gasteiger partial charge in [-0.1, -0.05) is 25.7 Å². The summed E-state index contributed by atoms with van der Waals surface area (Å²) in [5, 5.41) is 3.47. The molecule has 128 valence electrons. The Morgan fingerprint density at radius 2 is 1.62 bits per heavy atom. The maximum atomic E-state index is 6.01. The van der Waals surface area contributed by atoms with Gasteiger partial charge in [0.1, 0.15) is 11.5 Å². The van der Waals surface area contributed by atoms with Gasteiger partial charge in [-0.2, -0.15) is 15.0 Å². The third kappa shape index (κ3) is 4.71. The Labute approximate surface area is 146 Å². The average Bonchev–Trinajstić information content (AvgIpc) is 2.84. The van der Waals surface area contributed by atoms with Crippen molar-refractivity contribution in [2.24, 2.45) is 0 Å². The Morgan fingerprint density at radius 1 is 0.958 bits per heavy atom. The van der Waals surface area contributed by atoms with Crippen LogP contribution in [-0.2, 0) is 0 Å². The fraction of sp³-hybridized carbons (Fsp3) is 0.471. The van der Waals surface area contributed by atoms with Crippen molar-refractivity contribution in [3.8, 4) is 17.5 Å². The smallest absolute Gasteiger partial charge is 0.328 e. The van der Waals surface area contributed by atoms with E-state index in [1.54, 1.807) is 19.2 Å². The van der Waals surface area contributed by atoms with Crippen molar-refractivity contribution in [3.63, 3.8) is 0 Å². The van der Waals surface area contributed by atoms with Crippen LogP contribution in [0.1, 0.15) is 38.5 Å². The van der Waals surface area contributed by atoms with Crippen LogP contribution in [0.25, 0.3) is 0 Å². The van der Waals surface area contributed by atoms with Crippen molar-refractivity contribution in [1.82, 2.24) is 15.0 Å². The molecule has 0 amide bonds. The number of rotatable bonds is 5. The van der Waals surface area contributed by atoms with Gasteiger partial charge in [0.25, 0.3) is 0 Å². The molecule has 0 radical (unpaired) electrons. The van der Waals surface area contributed by atoms with Crippen LogP contribution < -0.4 is 14.8 Å². The molecule has 2 aromatic rings. The number of methoxy groups -OCH3 is 1. The predicted molar refractivity (Wildman–Crippen MR) is 93.0 cm³/mol. The molecule has 1 N–H and O–H groups in total. The van der Waals surface area contributed by atoms with Crippen molar-refractivity contribution in [3.05, 3.63) is 29.5 Å². The number of halogens is 1. The molecule has 24 heavy (non-hydrogen) atoms. The van der Waals surface area contributed by atoms with Gasteiger partial charge in [0.2, 0.25) is 11.2 Å². The lowest BCUT2D eigenvalue weighted by Gasteiger charge is -2.16. The lowest BCUT2D eigenvalue weighted by atomic mass is 10.1. The van der Waals surface area contributed by atoms with Gasteiger partial charge in [0.15, 0.2) is 0 Å².